The number of nitrogens with zero attached hydrogens (tertiary/aromatic N) is 3. The van der Waals surface area contributed by atoms with E-state index in [4.69, 9.17) is 0 Å². The Bertz CT molecular complexity index is 987. The van der Waals surface area contributed by atoms with Crippen LogP contribution in [0.2, 0.25) is 0 Å². The van der Waals surface area contributed by atoms with E-state index >= 15 is 0 Å². The Hall–Kier alpha value is -3.33. The molecule has 0 aliphatic carbocycles. The number of carbonyl (C=O) groups excluding carboxylic acids is 2. The molecule has 9 heteroatoms. The normalized spacial score (nSPS) is 10.4. The van der Waals surface area contributed by atoms with E-state index in [9.17, 15) is 9.59 Å². The highest BCUT2D eigenvalue weighted by atomic mass is 32.2. The molecule has 150 valence electrons. The van der Waals surface area contributed by atoms with E-state index in [2.05, 4.69) is 25.8 Å². The van der Waals surface area contributed by atoms with Gasteiger partial charge in [-0.25, -0.2) is 9.78 Å². The highest BCUT2D eigenvalue weighted by Crippen LogP contribution is 2.24. The van der Waals surface area contributed by atoms with Crippen molar-refractivity contribution in [1.29, 1.82) is 0 Å². The van der Waals surface area contributed by atoms with Gasteiger partial charge in [-0.1, -0.05) is 30.0 Å². The van der Waals surface area contributed by atoms with Crippen LogP contribution in [0.25, 0.3) is 0 Å². The predicted molar refractivity (Wildman–Crippen MR) is 114 cm³/mol. The molecule has 0 fully saturated rings. The average molecular weight is 411 g/mol. The summed E-state index contributed by atoms with van der Waals surface area (Å²) in [6.07, 6.45) is 1.47. The molecule has 3 rings (SSSR count). The Balaban J connectivity index is 1.64. The average Bonchev–Trinajstić information content (AvgIpc) is 3.23. The number of hydrogen-bond acceptors (Lipinski definition) is 5. The van der Waals surface area contributed by atoms with Crippen LogP contribution >= 0.6 is 11.8 Å². The second-order valence-electron chi connectivity index (χ2n) is 6.53. The fourth-order valence-corrected chi connectivity index (χ4v) is 3.23. The first-order valence-corrected chi connectivity index (χ1v) is 9.89. The topological polar surface area (TPSA) is 103 Å². The first-order chi connectivity index (χ1) is 13.9. The Kier molecular flexibility index (Phi) is 6.50. The lowest BCUT2D eigenvalue weighted by Crippen LogP contribution is -2.27. The molecule has 0 saturated heterocycles. The van der Waals surface area contributed by atoms with Gasteiger partial charge in [-0.05, 0) is 42.3 Å². The first-order valence-electron chi connectivity index (χ1n) is 8.90. The number of nitrogens with one attached hydrogen (secondary N) is 3. The number of H-pyrrole nitrogens is 1. The minimum absolute atomic E-state index is 0.210. The van der Waals surface area contributed by atoms with Gasteiger partial charge in [0, 0.05) is 36.8 Å². The third-order valence-electron chi connectivity index (χ3n) is 4.21. The van der Waals surface area contributed by atoms with Crippen molar-refractivity contribution in [2.24, 2.45) is 0 Å². The Morgan fingerprint density at radius 1 is 1.07 bits per heavy atom. The molecule has 3 amide bonds. The number of aromatic nitrogens is 3. The molecule has 0 aliphatic heterocycles. The Morgan fingerprint density at radius 2 is 1.76 bits per heavy atom. The molecule has 8 nitrogen and oxygen atoms in total. The molecule has 3 aromatic rings. The zero-order valence-corrected chi connectivity index (χ0v) is 17.2. The van der Waals surface area contributed by atoms with Gasteiger partial charge in [0.1, 0.15) is 6.33 Å². The molecular weight excluding hydrogens is 388 g/mol. The van der Waals surface area contributed by atoms with Crippen molar-refractivity contribution >= 4 is 35.1 Å². The summed E-state index contributed by atoms with van der Waals surface area (Å²) < 4.78 is 0. The monoisotopic (exact) mass is 410 g/mol. The van der Waals surface area contributed by atoms with Crippen LogP contribution in [0.15, 0.2) is 53.9 Å². The molecule has 2 aromatic carbocycles. The molecule has 0 aliphatic rings. The van der Waals surface area contributed by atoms with Crippen LogP contribution in [0, 0.1) is 6.92 Å². The first kappa shape index (κ1) is 20.4. The molecule has 1 heterocycles. The molecule has 0 radical (unpaired) electrons. The summed E-state index contributed by atoms with van der Waals surface area (Å²) in [5, 5.41) is 13.1. The number of aromatic amines is 1. The number of rotatable bonds is 6. The van der Waals surface area contributed by atoms with Crippen LogP contribution in [0.4, 0.5) is 16.2 Å². The number of carbonyl (C=O) groups is 2. The second-order valence-corrected chi connectivity index (χ2v) is 7.50. The van der Waals surface area contributed by atoms with E-state index in [0.29, 0.717) is 16.9 Å². The zero-order chi connectivity index (χ0) is 20.8. The highest BCUT2D eigenvalue weighted by molar-refractivity contribution is 7.98. The van der Waals surface area contributed by atoms with E-state index < -0.39 is 0 Å². The summed E-state index contributed by atoms with van der Waals surface area (Å²) in [6.45, 7) is 1.85. The van der Waals surface area contributed by atoms with Gasteiger partial charge in [0.15, 0.2) is 5.16 Å². The number of anilines is 2. The van der Waals surface area contributed by atoms with Gasteiger partial charge < -0.3 is 15.5 Å². The van der Waals surface area contributed by atoms with Crippen molar-refractivity contribution in [2.45, 2.75) is 17.8 Å². The standard InChI is InChI=1S/C20H22N6O2S/c1-13-16(5-4-6-17(13)24-20(28)26(2)3)23-18(27)15-9-7-14(8-10-15)11-29-19-21-12-22-25-19/h4-10,12H,11H2,1-3H3,(H,23,27)(H,24,28)(H,21,22,25). The molecule has 0 atom stereocenters. The van der Waals surface area contributed by atoms with Crippen molar-refractivity contribution in [3.63, 3.8) is 0 Å². The van der Waals surface area contributed by atoms with Crippen LogP contribution < -0.4 is 10.6 Å². The fraction of sp³-hybridized carbons (Fsp3) is 0.200. The lowest BCUT2D eigenvalue weighted by atomic mass is 10.1. The lowest BCUT2D eigenvalue weighted by Gasteiger charge is -2.16. The third-order valence-corrected chi connectivity index (χ3v) is 5.16. The number of benzene rings is 2. The van der Waals surface area contributed by atoms with Crippen LogP contribution in [-0.2, 0) is 5.75 Å². The van der Waals surface area contributed by atoms with Crippen molar-refractivity contribution < 1.29 is 9.59 Å². The summed E-state index contributed by atoms with van der Waals surface area (Å²) in [7, 11) is 3.34. The van der Waals surface area contributed by atoms with Crippen LogP contribution in [-0.4, -0.2) is 46.1 Å². The SMILES string of the molecule is Cc1c(NC(=O)c2ccc(CSc3ncn[nH]3)cc2)cccc1NC(=O)N(C)C. The van der Waals surface area contributed by atoms with Crippen LogP contribution in [0.1, 0.15) is 21.5 Å². The number of hydrogen-bond donors (Lipinski definition) is 3. The van der Waals surface area contributed by atoms with Crippen LogP contribution in [0.5, 0.6) is 0 Å². The van der Waals surface area contributed by atoms with E-state index in [0.717, 1.165) is 22.0 Å². The van der Waals surface area contributed by atoms with Gasteiger partial charge in [0.05, 0.1) is 0 Å². The van der Waals surface area contributed by atoms with Crippen LogP contribution in [0.3, 0.4) is 0 Å². The van der Waals surface area contributed by atoms with Crippen molar-refractivity contribution in [1.82, 2.24) is 20.1 Å². The van der Waals surface area contributed by atoms with E-state index in [1.165, 1.54) is 23.0 Å². The van der Waals surface area contributed by atoms with Gasteiger partial charge in [-0.3, -0.25) is 9.89 Å². The summed E-state index contributed by atoms with van der Waals surface area (Å²) in [5.74, 6) is 0.516. The largest absolute Gasteiger partial charge is 0.331 e. The number of urea groups is 1. The van der Waals surface area contributed by atoms with Crippen molar-refractivity contribution in [3.05, 3.63) is 65.5 Å². The molecular formula is C20H22N6O2S. The maximum atomic E-state index is 12.6. The number of amides is 3. The Labute approximate surface area is 173 Å². The number of thioether (sulfide) groups is 1. The minimum Gasteiger partial charge on any atom is -0.331 e. The molecule has 29 heavy (non-hydrogen) atoms. The van der Waals surface area contributed by atoms with E-state index in [1.807, 2.05) is 19.1 Å². The molecule has 3 N–H and O–H groups in total. The van der Waals surface area contributed by atoms with Crippen molar-refractivity contribution in [2.75, 3.05) is 24.7 Å². The highest BCUT2D eigenvalue weighted by Gasteiger charge is 2.12. The smallest absolute Gasteiger partial charge is 0.321 e. The molecule has 0 unspecified atom stereocenters. The summed E-state index contributed by atoms with van der Waals surface area (Å²) in [6, 6.07) is 12.6. The zero-order valence-electron chi connectivity index (χ0n) is 16.4. The van der Waals surface area contributed by atoms with Gasteiger partial charge in [-0.15, -0.1) is 0 Å². The van der Waals surface area contributed by atoms with Gasteiger partial charge in [0.2, 0.25) is 0 Å². The molecule has 0 bridgehead atoms. The molecule has 1 aromatic heterocycles. The fourth-order valence-electron chi connectivity index (χ4n) is 2.50. The lowest BCUT2D eigenvalue weighted by molar-refractivity contribution is 0.102. The maximum Gasteiger partial charge on any atom is 0.321 e. The predicted octanol–water partition coefficient (Wildman–Crippen LogP) is 3.75. The maximum absolute atomic E-state index is 12.6. The summed E-state index contributed by atoms with van der Waals surface area (Å²) >= 11 is 1.54. The summed E-state index contributed by atoms with van der Waals surface area (Å²) in [5.41, 5.74) is 3.72. The molecule has 0 saturated carbocycles. The Morgan fingerprint density at radius 3 is 2.38 bits per heavy atom. The quantitative estimate of drug-likeness (QED) is 0.537. The van der Waals surface area contributed by atoms with Gasteiger partial charge >= 0.3 is 6.03 Å². The minimum atomic E-state index is -0.227. The van der Waals surface area contributed by atoms with Crippen molar-refractivity contribution in [3.8, 4) is 0 Å². The van der Waals surface area contributed by atoms with E-state index in [-0.39, 0.29) is 11.9 Å². The van der Waals surface area contributed by atoms with Gasteiger partial charge in [-0.2, -0.15) is 5.10 Å². The van der Waals surface area contributed by atoms with Gasteiger partial charge in [0.25, 0.3) is 5.91 Å². The second kappa shape index (κ2) is 9.24. The third kappa shape index (κ3) is 5.35. The van der Waals surface area contributed by atoms with E-state index in [1.54, 1.807) is 44.4 Å². The molecule has 0 spiro atoms. The summed E-state index contributed by atoms with van der Waals surface area (Å²) in [4.78, 5) is 30.0.